The lowest BCUT2D eigenvalue weighted by molar-refractivity contribution is 0.00578. The lowest BCUT2D eigenvalue weighted by atomic mass is 9.79. The van der Waals surface area contributed by atoms with Gasteiger partial charge in [0.2, 0.25) is 0 Å². The van der Waals surface area contributed by atoms with Crippen LogP contribution in [0.15, 0.2) is 35.3 Å². The van der Waals surface area contributed by atoms with Crippen molar-refractivity contribution in [2.45, 2.75) is 38.9 Å². The van der Waals surface area contributed by atoms with Gasteiger partial charge in [0.25, 0.3) is 0 Å². The van der Waals surface area contributed by atoms with Gasteiger partial charge in [-0.3, -0.25) is 4.79 Å². The first-order chi connectivity index (χ1) is 9.30. The van der Waals surface area contributed by atoms with Crippen molar-refractivity contribution in [2.75, 3.05) is 0 Å². The highest BCUT2D eigenvalue weighted by atomic mass is 16.7. The van der Waals surface area contributed by atoms with Gasteiger partial charge in [-0.25, -0.2) is 0 Å². The third-order valence-electron chi connectivity index (χ3n) is 4.31. The van der Waals surface area contributed by atoms with E-state index >= 15 is 0 Å². The van der Waals surface area contributed by atoms with E-state index in [1.807, 2.05) is 45.9 Å². The Hall–Kier alpha value is -1.59. The molecule has 5 heteroatoms. The second-order valence-corrected chi connectivity index (χ2v) is 6.24. The predicted octanol–water partition coefficient (Wildman–Crippen LogP) is 1.83. The fourth-order valence-electron chi connectivity index (χ4n) is 2.32. The first-order valence-electron chi connectivity index (χ1n) is 6.77. The smallest absolute Gasteiger partial charge is 0.399 e. The average Bonchev–Trinajstić information content (AvgIpc) is 2.58. The molecule has 1 aromatic heterocycles. The fourth-order valence-corrected chi connectivity index (χ4v) is 2.32. The van der Waals surface area contributed by atoms with Crippen LogP contribution in [-0.2, 0) is 9.31 Å². The van der Waals surface area contributed by atoms with E-state index < -0.39 is 7.12 Å². The summed E-state index contributed by atoms with van der Waals surface area (Å²) < 4.78 is 12.0. The summed E-state index contributed by atoms with van der Waals surface area (Å²) in [5, 5.41) is 0.674. The van der Waals surface area contributed by atoms with Gasteiger partial charge in [-0.15, -0.1) is 0 Å². The summed E-state index contributed by atoms with van der Waals surface area (Å²) >= 11 is 0. The molecule has 0 spiro atoms. The summed E-state index contributed by atoms with van der Waals surface area (Å²) in [6.07, 6.45) is 1.65. The van der Waals surface area contributed by atoms with Gasteiger partial charge in [0.05, 0.1) is 11.2 Å². The van der Waals surface area contributed by atoms with Gasteiger partial charge in [-0.05, 0) is 45.3 Å². The monoisotopic (exact) mass is 271 g/mol. The molecule has 2 aromatic rings. The molecular formula is C15H18BNO3. The van der Waals surface area contributed by atoms with Crippen molar-refractivity contribution in [3.05, 3.63) is 40.7 Å². The van der Waals surface area contributed by atoms with Crippen molar-refractivity contribution in [3.8, 4) is 0 Å². The van der Waals surface area contributed by atoms with Crippen LogP contribution < -0.4 is 10.9 Å². The zero-order valence-electron chi connectivity index (χ0n) is 12.2. The minimum absolute atomic E-state index is 0.0132. The van der Waals surface area contributed by atoms with E-state index in [4.69, 9.17) is 9.31 Å². The number of hydrogen-bond acceptors (Lipinski definition) is 3. The highest BCUT2D eigenvalue weighted by molar-refractivity contribution is 6.62. The van der Waals surface area contributed by atoms with Crippen LogP contribution in [0.5, 0.6) is 0 Å². The highest BCUT2D eigenvalue weighted by Gasteiger charge is 2.51. The lowest BCUT2D eigenvalue weighted by Crippen LogP contribution is -2.41. The number of hydrogen-bond donors (Lipinski definition) is 1. The number of pyridine rings is 1. The van der Waals surface area contributed by atoms with Crippen LogP contribution in [0, 0.1) is 0 Å². The maximum atomic E-state index is 11.7. The summed E-state index contributed by atoms with van der Waals surface area (Å²) in [4.78, 5) is 14.8. The van der Waals surface area contributed by atoms with Gasteiger partial charge in [0.1, 0.15) is 0 Å². The zero-order chi connectivity index (χ0) is 14.5. The molecule has 104 valence electrons. The Morgan fingerprint density at radius 2 is 1.70 bits per heavy atom. The number of rotatable bonds is 1. The van der Waals surface area contributed by atoms with Crippen molar-refractivity contribution < 1.29 is 9.31 Å². The van der Waals surface area contributed by atoms with Gasteiger partial charge < -0.3 is 14.3 Å². The Bertz CT molecular complexity index is 704. The van der Waals surface area contributed by atoms with E-state index in [0.29, 0.717) is 5.39 Å². The van der Waals surface area contributed by atoms with Crippen LogP contribution in [0.2, 0.25) is 0 Å². The molecule has 1 fully saturated rings. The van der Waals surface area contributed by atoms with Gasteiger partial charge >= 0.3 is 7.12 Å². The molecule has 0 saturated carbocycles. The van der Waals surface area contributed by atoms with Crippen LogP contribution in [-0.4, -0.2) is 23.3 Å². The number of fused-ring (bicyclic) bond motifs is 1. The largest absolute Gasteiger partial charge is 0.494 e. The molecular weight excluding hydrogens is 253 g/mol. The van der Waals surface area contributed by atoms with E-state index in [9.17, 15) is 4.79 Å². The molecule has 3 rings (SSSR count). The van der Waals surface area contributed by atoms with Gasteiger partial charge in [0.15, 0.2) is 5.43 Å². The third kappa shape index (κ3) is 1.98. The maximum absolute atomic E-state index is 11.7. The molecule has 0 bridgehead atoms. The van der Waals surface area contributed by atoms with Crippen LogP contribution in [0.1, 0.15) is 27.7 Å². The van der Waals surface area contributed by atoms with Crippen molar-refractivity contribution in [1.82, 2.24) is 4.98 Å². The Morgan fingerprint density at radius 3 is 2.35 bits per heavy atom. The highest BCUT2D eigenvalue weighted by Crippen LogP contribution is 2.36. The Kier molecular flexibility index (Phi) is 2.82. The molecule has 1 saturated heterocycles. The predicted molar refractivity (Wildman–Crippen MR) is 80.3 cm³/mol. The molecule has 0 radical (unpaired) electrons. The van der Waals surface area contributed by atoms with Crippen molar-refractivity contribution in [3.63, 3.8) is 0 Å². The molecule has 0 unspecified atom stereocenters. The topological polar surface area (TPSA) is 51.3 Å². The summed E-state index contributed by atoms with van der Waals surface area (Å²) in [6.45, 7) is 8.09. The average molecular weight is 271 g/mol. The molecule has 1 aromatic carbocycles. The van der Waals surface area contributed by atoms with E-state index in [0.717, 1.165) is 11.0 Å². The summed E-state index contributed by atoms with van der Waals surface area (Å²) in [5.41, 5.74) is 0.995. The van der Waals surface area contributed by atoms with Crippen LogP contribution in [0.4, 0.5) is 0 Å². The third-order valence-corrected chi connectivity index (χ3v) is 4.31. The summed E-state index contributed by atoms with van der Waals surface area (Å²) in [5.74, 6) is 0. The molecule has 1 aliphatic heterocycles. The quantitative estimate of drug-likeness (QED) is 0.805. The van der Waals surface area contributed by atoms with Crippen molar-refractivity contribution >= 4 is 23.5 Å². The second kappa shape index (κ2) is 4.20. The molecule has 2 heterocycles. The van der Waals surface area contributed by atoms with Gasteiger partial charge in [-0.1, -0.05) is 6.07 Å². The normalized spacial score (nSPS) is 20.5. The number of nitrogens with one attached hydrogen (secondary N) is 1. The second-order valence-electron chi connectivity index (χ2n) is 6.24. The Balaban J connectivity index is 2.03. The zero-order valence-corrected chi connectivity index (χ0v) is 12.2. The first-order valence-corrected chi connectivity index (χ1v) is 6.77. The molecule has 0 amide bonds. The molecule has 4 nitrogen and oxygen atoms in total. The van der Waals surface area contributed by atoms with E-state index in [1.54, 1.807) is 6.20 Å². The summed E-state index contributed by atoms with van der Waals surface area (Å²) in [6, 6.07) is 7.14. The standard InChI is InChI=1S/C15H18BNO3/c1-14(2)15(3,4)20-16(19-14)10-5-6-11-12(9-10)17-8-7-13(11)18/h5-9H,1-4H3,(H,17,18). The van der Waals surface area contributed by atoms with Crippen molar-refractivity contribution in [2.24, 2.45) is 0 Å². The molecule has 1 N–H and O–H groups in total. The molecule has 0 aliphatic carbocycles. The fraction of sp³-hybridized carbons (Fsp3) is 0.400. The minimum Gasteiger partial charge on any atom is -0.399 e. The van der Waals surface area contributed by atoms with E-state index in [2.05, 4.69) is 4.98 Å². The van der Waals surface area contributed by atoms with E-state index in [1.165, 1.54) is 6.07 Å². The Labute approximate surface area is 118 Å². The molecule has 20 heavy (non-hydrogen) atoms. The molecule has 0 atom stereocenters. The SMILES string of the molecule is CC1(C)OB(c2ccc3c(=O)cc[nH]c3c2)OC1(C)C. The van der Waals surface area contributed by atoms with Crippen molar-refractivity contribution in [1.29, 1.82) is 0 Å². The number of aromatic amines is 1. The lowest BCUT2D eigenvalue weighted by Gasteiger charge is -2.32. The molecule has 1 aliphatic rings. The number of aromatic nitrogens is 1. The van der Waals surface area contributed by atoms with Crippen LogP contribution >= 0.6 is 0 Å². The van der Waals surface area contributed by atoms with Gasteiger partial charge in [0, 0.05) is 23.2 Å². The van der Waals surface area contributed by atoms with Crippen LogP contribution in [0.3, 0.4) is 0 Å². The van der Waals surface area contributed by atoms with E-state index in [-0.39, 0.29) is 16.6 Å². The first kappa shape index (κ1) is 13.4. The number of benzene rings is 1. The summed E-state index contributed by atoms with van der Waals surface area (Å²) in [7, 11) is -0.409. The maximum Gasteiger partial charge on any atom is 0.494 e. The minimum atomic E-state index is -0.409. The van der Waals surface area contributed by atoms with Gasteiger partial charge in [-0.2, -0.15) is 0 Å². The van der Waals surface area contributed by atoms with Crippen LogP contribution in [0.25, 0.3) is 10.9 Å². The Morgan fingerprint density at radius 1 is 1.05 bits per heavy atom. The number of H-pyrrole nitrogens is 1.